The molecule has 2 heterocycles. The Kier molecular flexibility index (Phi) is 5.81. The summed E-state index contributed by atoms with van der Waals surface area (Å²) in [6, 6.07) is 10.3. The lowest BCUT2D eigenvalue weighted by atomic mass is 9.95. The summed E-state index contributed by atoms with van der Waals surface area (Å²) < 4.78 is 13.3. The summed E-state index contributed by atoms with van der Waals surface area (Å²) in [4.78, 5) is 14.4. The molecule has 0 unspecified atom stereocenters. The van der Waals surface area contributed by atoms with Crippen molar-refractivity contribution < 1.29 is 9.18 Å². The molecule has 1 aliphatic heterocycles. The van der Waals surface area contributed by atoms with Crippen LogP contribution >= 0.6 is 0 Å². The molecular weight excluding hydrogens is 331 g/mol. The van der Waals surface area contributed by atoms with Gasteiger partial charge in [0.2, 0.25) is 5.91 Å². The molecule has 3 rings (SSSR count). The van der Waals surface area contributed by atoms with Crippen LogP contribution in [0.15, 0.2) is 36.4 Å². The molecule has 0 spiro atoms. The van der Waals surface area contributed by atoms with Gasteiger partial charge < -0.3 is 10.2 Å². The first-order chi connectivity index (χ1) is 12.6. The van der Waals surface area contributed by atoms with E-state index in [1.807, 2.05) is 25.1 Å². The van der Waals surface area contributed by atoms with Crippen molar-refractivity contribution in [1.82, 2.24) is 15.5 Å². The molecule has 1 N–H and O–H groups in total. The summed E-state index contributed by atoms with van der Waals surface area (Å²) in [6.45, 7) is 5.67. The van der Waals surface area contributed by atoms with Crippen molar-refractivity contribution >= 4 is 11.7 Å². The second-order valence-electron chi connectivity index (χ2n) is 6.87. The molecule has 5 nitrogen and oxygen atoms in total. The maximum atomic E-state index is 13.3. The van der Waals surface area contributed by atoms with Gasteiger partial charge in [0.05, 0.1) is 5.69 Å². The highest BCUT2D eigenvalue weighted by Crippen LogP contribution is 2.24. The first-order valence-electron chi connectivity index (χ1n) is 9.21. The highest BCUT2D eigenvalue weighted by Gasteiger charge is 2.26. The number of anilines is 1. The Morgan fingerprint density at radius 3 is 2.65 bits per heavy atom. The van der Waals surface area contributed by atoms with E-state index in [1.54, 1.807) is 6.07 Å². The van der Waals surface area contributed by atoms with E-state index in [9.17, 15) is 9.18 Å². The number of nitrogens with one attached hydrogen (secondary N) is 1. The van der Waals surface area contributed by atoms with Gasteiger partial charge in [-0.05, 0) is 50.5 Å². The van der Waals surface area contributed by atoms with E-state index in [4.69, 9.17) is 0 Å². The zero-order valence-electron chi connectivity index (χ0n) is 15.3. The van der Waals surface area contributed by atoms with Gasteiger partial charge in [-0.1, -0.05) is 19.1 Å². The third-order valence-electron chi connectivity index (χ3n) is 4.96. The molecule has 26 heavy (non-hydrogen) atoms. The summed E-state index contributed by atoms with van der Waals surface area (Å²) in [6.07, 6.45) is 2.57. The van der Waals surface area contributed by atoms with Crippen molar-refractivity contribution in [1.29, 1.82) is 0 Å². The van der Waals surface area contributed by atoms with Crippen molar-refractivity contribution in [3.63, 3.8) is 0 Å². The first-order valence-corrected chi connectivity index (χ1v) is 9.21. The van der Waals surface area contributed by atoms with E-state index >= 15 is 0 Å². The van der Waals surface area contributed by atoms with Gasteiger partial charge in [0.25, 0.3) is 0 Å². The molecule has 0 radical (unpaired) electrons. The minimum Gasteiger partial charge on any atom is -0.355 e. The zero-order chi connectivity index (χ0) is 18.5. The first kappa shape index (κ1) is 18.3. The number of benzene rings is 1. The minimum atomic E-state index is -0.286. The topological polar surface area (TPSA) is 58.1 Å². The summed E-state index contributed by atoms with van der Waals surface area (Å²) in [5, 5.41) is 11.6. The third-order valence-corrected chi connectivity index (χ3v) is 4.96. The van der Waals surface area contributed by atoms with Crippen LogP contribution in [0, 0.1) is 11.7 Å². The van der Waals surface area contributed by atoms with Gasteiger partial charge in [-0.25, -0.2) is 4.39 Å². The number of amides is 1. The lowest BCUT2D eigenvalue weighted by Crippen LogP contribution is -2.43. The Bertz CT molecular complexity index is 742. The van der Waals surface area contributed by atoms with E-state index < -0.39 is 0 Å². The van der Waals surface area contributed by atoms with Crippen LogP contribution in [0.1, 0.15) is 33.1 Å². The van der Waals surface area contributed by atoms with Gasteiger partial charge in [-0.2, -0.15) is 0 Å². The fourth-order valence-corrected chi connectivity index (χ4v) is 3.13. The van der Waals surface area contributed by atoms with Crippen molar-refractivity contribution in [2.75, 3.05) is 18.0 Å². The van der Waals surface area contributed by atoms with E-state index in [-0.39, 0.29) is 23.7 Å². The van der Waals surface area contributed by atoms with Gasteiger partial charge in [0.1, 0.15) is 5.82 Å². The second-order valence-corrected chi connectivity index (χ2v) is 6.87. The summed E-state index contributed by atoms with van der Waals surface area (Å²) in [5.74, 6) is 0.739. The van der Waals surface area contributed by atoms with E-state index in [1.165, 1.54) is 12.1 Å². The highest BCUT2D eigenvalue weighted by atomic mass is 19.1. The molecule has 6 heteroatoms. The molecule has 1 aliphatic rings. The molecule has 1 atom stereocenters. The van der Waals surface area contributed by atoms with Crippen molar-refractivity contribution in [2.45, 2.75) is 39.2 Å². The number of nitrogens with zero attached hydrogens (tertiary/aromatic N) is 3. The molecular formula is C20H25FN4O. The van der Waals surface area contributed by atoms with Crippen molar-refractivity contribution in [3.05, 3.63) is 42.2 Å². The number of aromatic nitrogens is 2. The van der Waals surface area contributed by atoms with Crippen LogP contribution in [0.4, 0.5) is 10.2 Å². The Morgan fingerprint density at radius 2 is 2.04 bits per heavy atom. The molecule has 2 aromatic rings. The average molecular weight is 356 g/mol. The molecule has 1 saturated heterocycles. The Hall–Kier alpha value is -2.50. The molecule has 0 aliphatic carbocycles. The highest BCUT2D eigenvalue weighted by molar-refractivity contribution is 5.79. The quantitative estimate of drug-likeness (QED) is 0.892. The predicted molar refractivity (Wildman–Crippen MR) is 100 cm³/mol. The molecule has 138 valence electrons. The largest absolute Gasteiger partial charge is 0.355 e. The predicted octanol–water partition coefficient (Wildman–Crippen LogP) is 3.41. The maximum absolute atomic E-state index is 13.3. The standard InChI is InChI=1S/C20H25FN4O/c1-3-14(2)22-20(26)15-9-11-25(12-10-15)19-8-7-18(23-24-19)16-5-4-6-17(21)13-16/h4-8,13-15H,3,9-12H2,1-2H3,(H,22,26)/t14-/m1/s1. The maximum Gasteiger partial charge on any atom is 0.223 e. The Labute approximate surface area is 153 Å². The van der Waals surface area contributed by atoms with Gasteiger partial charge in [0, 0.05) is 30.6 Å². The fourth-order valence-electron chi connectivity index (χ4n) is 3.13. The van der Waals surface area contributed by atoms with Crippen LogP contribution in [0.5, 0.6) is 0 Å². The molecule has 1 aromatic carbocycles. The van der Waals surface area contributed by atoms with Crippen LogP contribution in [-0.2, 0) is 4.79 Å². The van der Waals surface area contributed by atoms with Gasteiger partial charge in [-0.15, -0.1) is 10.2 Å². The molecule has 1 fully saturated rings. The normalized spacial score (nSPS) is 16.3. The van der Waals surface area contributed by atoms with Crippen LogP contribution < -0.4 is 10.2 Å². The minimum absolute atomic E-state index is 0.0692. The SMILES string of the molecule is CC[C@@H](C)NC(=O)C1CCN(c2ccc(-c3cccc(F)c3)nn2)CC1. The summed E-state index contributed by atoms with van der Waals surface area (Å²) >= 11 is 0. The Morgan fingerprint density at radius 1 is 1.27 bits per heavy atom. The van der Waals surface area contributed by atoms with Gasteiger partial charge in [0.15, 0.2) is 5.82 Å². The van der Waals surface area contributed by atoms with E-state index in [2.05, 4.69) is 27.3 Å². The number of carbonyl (C=O) groups excluding carboxylic acids is 1. The monoisotopic (exact) mass is 356 g/mol. The van der Waals surface area contributed by atoms with Gasteiger partial charge in [-0.3, -0.25) is 4.79 Å². The number of hydrogen-bond acceptors (Lipinski definition) is 4. The average Bonchev–Trinajstić information content (AvgIpc) is 2.68. The second kappa shape index (κ2) is 8.25. The number of halogens is 1. The fraction of sp³-hybridized carbons (Fsp3) is 0.450. The van der Waals surface area contributed by atoms with Gasteiger partial charge >= 0.3 is 0 Å². The molecule has 0 saturated carbocycles. The lowest BCUT2D eigenvalue weighted by Gasteiger charge is -2.32. The van der Waals surface area contributed by atoms with E-state index in [0.29, 0.717) is 11.3 Å². The number of hydrogen-bond donors (Lipinski definition) is 1. The molecule has 1 aromatic heterocycles. The van der Waals surface area contributed by atoms with E-state index in [0.717, 1.165) is 38.2 Å². The Balaban J connectivity index is 1.59. The van der Waals surface area contributed by atoms with Crippen LogP contribution in [0.25, 0.3) is 11.3 Å². The summed E-state index contributed by atoms with van der Waals surface area (Å²) in [5.41, 5.74) is 1.36. The van der Waals surface area contributed by atoms with Crippen LogP contribution in [0.3, 0.4) is 0 Å². The molecule has 1 amide bonds. The number of rotatable bonds is 5. The zero-order valence-corrected chi connectivity index (χ0v) is 15.3. The van der Waals surface area contributed by atoms with Crippen LogP contribution in [0.2, 0.25) is 0 Å². The third kappa shape index (κ3) is 4.36. The van der Waals surface area contributed by atoms with Crippen molar-refractivity contribution in [3.8, 4) is 11.3 Å². The van der Waals surface area contributed by atoms with Crippen molar-refractivity contribution in [2.24, 2.45) is 5.92 Å². The summed E-state index contributed by atoms with van der Waals surface area (Å²) in [7, 11) is 0. The smallest absolute Gasteiger partial charge is 0.223 e. The lowest BCUT2D eigenvalue weighted by molar-refractivity contribution is -0.126. The molecule has 0 bridgehead atoms. The number of carbonyl (C=O) groups is 1. The van der Waals surface area contributed by atoms with Crippen LogP contribution in [-0.4, -0.2) is 35.2 Å². The number of piperidine rings is 1.